The summed E-state index contributed by atoms with van der Waals surface area (Å²) < 4.78 is 0. The molecule has 0 aromatic heterocycles. The third-order valence-electron chi connectivity index (χ3n) is 5.03. The summed E-state index contributed by atoms with van der Waals surface area (Å²) in [4.78, 5) is 39.0. The highest BCUT2D eigenvalue weighted by molar-refractivity contribution is 5.97. The van der Waals surface area contributed by atoms with Crippen molar-refractivity contribution in [2.75, 3.05) is 13.1 Å². The molecule has 1 saturated heterocycles. The number of hydrogen-bond acceptors (Lipinski definition) is 3. The molecule has 1 aromatic carbocycles. The molecule has 0 spiro atoms. The van der Waals surface area contributed by atoms with E-state index < -0.39 is 6.04 Å². The van der Waals surface area contributed by atoms with Crippen molar-refractivity contribution in [3.63, 3.8) is 0 Å². The predicted octanol–water partition coefficient (Wildman–Crippen LogP) is 1.63. The number of nitrogens with one attached hydrogen (secondary N) is 2. The summed E-state index contributed by atoms with van der Waals surface area (Å²) in [5, 5.41) is 5.80. The molecule has 2 N–H and O–H groups in total. The minimum Gasteiger partial charge on any atom is -0.353 e. The highest BCUT2D eigenvalue weighted by Crippen LogP contribution is 2.22. The lowest BCUT2D eigenvalue weighted by Gasteiger charge is -2.33. The summed E-state index contributed by atoms with van der Waals surface area (Å²) in [5.41, 5.74) is 1.54. The standard InChI is InChI=1S/C20H27N3O3/c1-13-5-3-6-15(11-13)18(24)21-14(2)20(26)23-10-4-7-16(12-23)19(25)22-17-8-9-17/h3,5-6,11,14,16-17H,4,7-10,12H2,1-2H3,(H,21,24)(H,22,25). The van der Waals surface area contributed by atoms with Crippen LogP contribution in [0.15, 0.2) is 24.3 Å². The average molecular weight is 357 g/mol. The third kappa shape index (κ3) is 4.62. The topological polar surface area (TPSA) is 78.5 Å². The van der Waals surface area contributed by atoms with Gasteiger partial charge in [-0.25, -0.2) is 0 Å². The largest absolute Gasteiger partial charge is 0.353 e. The van der Waals surface area contributed by atoms with Gasteiger partial charge in [0.2, 0.25) is 11.8 Å². The van der Waals surface area contributed by atoms with Crippen molar-refractivity contribution in [2.24, 2.45) is 5.92 Å². The van der Waals surface area contributed by atoms with Crippen LogP contribution in [0.3, 0.4) is 0 Å². The first kappa shape index (κ1) is 18.4. The van der Waals surface area contributed by atoms with Gasteiger partial charge in [-0.1, -0.05) is 17.7 Å². The van der Waals surface area contributed by atoms with Crippen LogP contribution in [0.5, 0.6) is 0 Å². The van der Waals surface area contributed by atoms with Crippen molar-refractivity contribution in [1.82, 2.24) is 15.5 Å². The van der Waals surface area contributed by atoms with E-state index in [1.54, 1.807) is 24.0 Å². The van der Waals surface area contributed by atoms with Crippen LogP contribution in [0.25, 0.3) is 0 Å². The summed E-state index contributed by atoms with van der Waals surface area (Å²) in [5.74, 6) is -0.473. The van der Waals surface area contributed by atoms with E-state index in [1.165, 1.54) is 0 Å². The van der Waals surface area contributed by atoms with E-state index in [0.717, 1.165) is 31.2 Å². The smallest absolute Gasteiger partial charge is 0.251 e. The van der Waals surface area contributed by atoms with Crippen molar-refractivity contribution in [3.05, 3.63) is 35.4 Å². The van der Waals surface area contributed by atoms with Crippen molar-refractivity contribution in [2.45, 2.75) is 51.6 Å². The van der Waals surface area contributed by atoms with Crippen LogP contribution in [0.4, 0.5) is 0 Å². The van der Waals surface area contributed by atoms with Gasteiger partial charge >= 0.3 is 0 Å². The van der Waals surface area contributed by atoms with Crippen LogP contribution in [0, 0.1) is 12.8 Å². The average Bonchev–Trinajstić information content (AvgIpc) is 3.45. The number of amides is 3. The lowest BCUT2D eigenvalue weighted by atomic mass is 9.96. The zero-order valence-corrected chi connectivity index (χ0v) is 15.5. The first-order valence-corrected chi connectivity index (χ1v) is 9.40. The first-order valence-electron chi connectivity index (χ1n) is 9.40. The molecule has 1 heterocycles. The molecule has 3 rings (SSSR count). The van der Waals surface area contributed by atoms with Crippen molar-refractivity contribution in [3.8, 4) is 0 Å². The molecule has 6 nitrogen and oxygen atoms in total. The summed E-state index contributed by atoms with van der Waals surface area (Å²) >= 11 is 0. The van der Waals surface area contributed by atoms with E-state index in [9.17, 15) is 14.4 Å². The Morgan fingerprint density at radius 3 is 2.65 bits per heavy atom. The summed E-state index contributed by atoms with van der Waals surface area (Å²) in [7, 11) is 0. The molecule has 26 heavy (non-hydrogen) atoms. The highest BCUT2D eigenvalue weighted by Gasteiger charge is 2.33. The van der Waals surface area contributed by atoms with Crippen molar-refractivity contribution < 1.29 is 14.4 Å². The van der Waals surface area contributed by atoms with Crippen LogP contribution in [-0.4, -0.2) is 47.8 Å². The molecule has 2 unspecified atom stereocenters. The first-order chi connectivity index (χ1) is 12.4. The van der Waals surface area contributed by atoms with Gasteiger partial charge in [-0.2, -0.15) is 0 Å². The Kier molecular flexibility index (Phi) is 5.59. The molecule has 140 valence electrons. The minimum absolute atomic E-state index is 0.0569. The van der Waals surface area contributed by atoms with Gasteiger partial charge in [-0.15, -0.1) is 0 Å². The Bertz CT molecular complexity index is 699. The van der Waals surface area contributed by atoms with Gasteiger partial charge in [0.1, 0.15) is 6.04 Å². The lowest BCUT2D eigenvalue weighted by Crippen LogP contribution is -2.52. The quantitative estimate of drug-likeness (QED) is 0.841. The molecule has 2 aliphatic rings. The molecule has 1 saturated carbocycles. The number of nitrogens with zero attached hydrogens (tertiary/aromatic N) is 1. The maximum absolute atomic E-state index is 12.7. The van der Waals surface area contributed by atoms with Crippen LogP contribution in [0.2, 0.25) is 0 Å². The fraction of sp³-hybridized carbons (Fsp3) is 0.550. The number of hydrogen-bond donors (Lipinski definition) is 2. The summed E-state index contributed by atoms with van der Waals surface area (Å²) in [6, 6.07) is 7.00. The van der Waals surface area contributed by atoms with Gasteiger partial charge in [-0.3, -0.25) is 14.4 Å². The SMILES string of the molecule is Cc1cccc(C(=O)NC(C)C(=O)N2CCCC(C(=O)NC3CC3)C2)c1. The summed E-state index contributed by atoms with van der Waals surface area (Å²) in [6.45, 7) is 4.69. The third-order valence-corrected chi connectivity index (χ3v) is 5.03. The molecular weight excluding hydrogens is 330 g/mol. The van der Waals surface area contributed by atoms with Gasteiger partial charge in [-0.05, 0) is 51.7 Å². The normalized spacial score (nSPS) is 21.0. The highest BCUT2D eigenvalue weighted by atomic mass is 16.2. The number of carbonyl (C=O) groups excluding carboxylic acids is 3. The zero-order valence-electron chi connectivity index (χ0n) is 15.5. The molecule has 6 heteroatoms. The Labute approximate surface area is 154 Å². The molecule has 1 aromatic rings. The Hall–Kier alpha value is -2.37. The molecule has 0 radical (unpaired) electrons. The van der Waals surface area contributed by atoms with Crippen LogP contribution in [0.1, 0.15) is 48.5 Å². The molecule has 2 fully saturated rings. The molecule has 0 bridgehead atoms. The van der Waals surface area contributed by atoms with Gasteiger partial charge < -0.3 is 15.5 Å². The zero-order chi connectivity index (χ0) is 18.7. The van der Waals surface area contributed by atoms with Crippen molar-refractivity contribution in [1.29, 1.82) is 0 Å². The molecule has 1 aliphatic carbocycles. The van der Waals surface area contributed by atoms with Crippen LogP contribution < -0.4 is 10.6 Å². The molecule has 2 atom stereocenters. The van der Waals surface area contributed by atoms with E-state index >= 15 is 0 Å². The second-order valence-electron chi connectivity index (χ2n) is 7.47. The van der Waals surface area contributed by atoms with E-state index in [0.29, 0.717) is 24.7 Å². The second-order valence-corrected chi connectivity index (χ2v) is 7.47. The number of aryl methyl sites for hydroxylation is 1. The number of carbonyl (C=O) groups is 3. The van der Waals surface area contributed by atoms with Crippen LogP contribution in [-0.2, 0) is 9.59 Å². The molecule has 3 amide bonds. The van der Waals surface area contributed by atoms with Gasteiger partial charge in [0.05, 0.1) is 5.92 Å². The monoisotopic (exact) mass is 357 g/mol. The maximum atomic E-state index is 12.7. The molecule has 1 aliphatic heterocycles. The second kappa shape index (κ2) is 7.89. The Balaban J connectivity index is 1.55. The van der Waals surface area contributed by atoms with Gasteiger partial charge in [0, 0.05) is 24.7 Å². The lowest BCUT2D eigenvalue weighted by molar-refractivity contribution is -0.137. The summed E-state index contributed by atoms with van der Waals surface area (Å²) in [6.07, 6.45) is 3.74. The number of piperidine rings is 1. The number of rotatable bonds is 5. The molecular formula is C20H27N3O3. The van der Waals surface area contributed by atoms with Gasteiger partial charge in [0.15, 0.2) is 0 Å². The Morgan fingerprint density at radius 1 is 1.19 bits per heavy atom. The van der Waals surface area contributed by atoms with Crippen molar-refractivity contribution >= 4 is 17.7 Å². The van der Waals surface area contributed by atoms with Gasteiger partial charge in [0.25, 0.3) is 5.91 Å². The fourth-order valence-electron chi connectivity index (χ4n) is 3.34. The number of benzene rings is 1. The number of likely N-dealkylation sites (tertiary alicyclic amines) is 1. The fourth-order valence-corrected chi connectivity index (χ4v) is 3.34. The van der Waals surface area contributed by atoms with Crippen LogP contribution >= 0.6 is 0 Å². The van der Waals surface area contributed by atoms with E-state index in [-0.39, 0.29) is 23.6 Å². The van der Waals surface area contributed by atoms with E-state index in [1.807, 2.05) is 19.1 Å². The van der Waals surface area contributed by atoms with E-state index in [2.05, 4.69) is 10.6 Å². The predicted molar refractivity (Wildman–Crippen MR) is 98.6 cm³/mol. The minimum atomic E-state index is -0.617. The Morgan fingerprint density at radius 2 is 1.96 bits per heavy atom. The van der Waals surface area contributed by atoms with E-state index in [4.69, 9.17) is 0 Å². The maximum Gasteiger partial charge on any atom is 0.251 e.